The molecule has 0 aliphatic rings. The summed E-state index contributed by atoms with van der Waals surface area (Å²) in [4.78, 5) is 10.6. The molecule has 70 valence electrons. The van der Waals surface area contributed by atoms with Gasteiger partial charge < -0.3 is 4.79 Å². The van der Waals surface area contributed by atoms with Crippen molar-refractivity contribution in [3.8, 4) is 0 Å². The lowest BCUT2D eigenvalue weighted by Gasteiger charge is -2.06. The highest BCUT2D eigenvalue weighted by atomic mass is 35.5. The van der Waals surface area contributed by atoms with Gasteiger partial charge in [-0.2, -0.15) is 0 Å². The van der Waals surface area contributed by atoms with E-state index in [0.29, 0.717) is 0 Å². The topological polar surface area (TPSA) is 17.1 Å². The summed E-state index contributed by atoms with van der Waals surface area (Å²) in [5.41, 5.74) is 1.17. The van der Waals surface area contributed by atoms with Gasteiger partial charge in [-0.05, 0) is 30.5 Å². The zero-order valence-corrected chi connectivity index (χ0v) is 8.42. The zero-order valence-electron chi connectivity index (χ0n) is 7.66. The molecular weight excluding hydrogens is 184 g/mol. The summed E-state index contributed by atoms with van der Waals surface area (Å²) in [5.74, 6) is 0.140. The van der Waals surface area contributed by atoms with Gasteiger partial charge in [0.2, 0.25) is 0 Å². The Kier molecular flexibility index (Phi) is 3.97. The molecular formula is C11H13ClO. The van der Waals surface area contributed by atoms with Crippen LogP contribution in [0.3, 0.4) is 0 Å². The Morgan fingerprint density at radius 3 is 2.46 bits per heavy atom. The highest BCUT2D eigenvalue weighted by Crippen LogP contribution is 2.13. The molecule has 0 heterocycles. The molecule has 0 bridgehead atoms. The van der Waals surface area contributed by atoms with Crippen molar-refractivity contribution in [3.63, 3.8) is 0 Å². The van der Waals surface area contributed by atoms with Crippen molar-refractivity contribution >= 4 is 17.9 Å². The van der Waals surface area contributed by atoms with Crippen molar-refractivity contribution in [2.45, 2.75) is 19.8 Å². The monoisotopic (exact) mass is 196 g/mol. The Morgan fingerprint density at radius 1 is 1.38 bits per heavy atom. The molecule has 0 spiro atoms. The maximum absolute atomic E-state index is 10.6. The number of carbonyl (C=O) groups excluding carboxylic acids is 1. The minimum Gasteiger partial charge on any atom is -0.303 e. The lowest BCUT2D eigenvalue weighted by molar-refractivity contribution is -0.111. The molecule has 0 saturated heterocycles. The van der Waals surface area contributed by atoms with E-state index < -0.39 is 0 Å². The molecule has 1 aromatic rings. The standard InChI is InChI=1S/C11H13ClO/c1-2-9(8-13)7-10-3-5-11(12)6-4-10/h3-6,8-9H,2,7H2,1H3. The van der Waals surface area contributed by atoms with Gasteiger partial charge in [0, 0.05) is 10.9 Å². The molecule has 1 aromatic carbocycles. The summed E-state index contributed by atoms with van der Waals surface area (Å²) >= 11 is 5.75. The van der Waals surface area contributed by atoms with Crippen LogP contribution in [-0.2, 0) is 11.2 Å². The first-order valence-electron chi connectivity index (χ1n) is 4.46. The van der Waals surface area contributed by atoms with E-state index in [1.165, 1.54) is 5.56 Å². The quantitative estimate of drug-likeness (QED) is 0.677. The van der Waals surface area contributed by atoms with E-state index in [4.69, 9.17) is 11.6 Å². The van der Waals surface area contributed by atoms with Gasteiger partial charge in [-0.25, -0.2) is 0 Å². The van der Waals surface area contributed by atoms with Crippen LogP contribution in [0.25, 0.3) is 0 Å². The first-order valence-corrected chi connectivity index (χ1v) is 4.83. The van der Waals surface area contributed by atoms with Gasteiger partial charge in [-0.15, -0.1) is 0 Å². The van der Waals surface area contributed by atoms with Crippen LogP contribution < -0.4 is 0 Å². The molecule has 1 atom stereocenters. The van der Waals surface area contributed by atoms with Crippen LogP contribution in [-0.4, -0.2) is 6.29 Å². The van der Waals surface area contributed by atoms with Crippen molar-refractivity contribution in [2.24, 2.45) is 5.92 Å². The van der Waals surface area contributed by atoms with Crippen molar-refractivity contribution in [1.29, 1.82) is 0 Å². The minimum atomic E-state index is 0.140. The van der Waals surface area contributed by atoms with Crippen molar-refractivity contribution in [3.05, 3.63) is 34.9 Å². The zero-order chi connectivity index (χ0) is 9.68. The van der Waals surface area contributed by atoms with E-state index in [1.54, 1.807) is 0 Å². The number of hydrogen-bond acceptors (Lipinski definition) is 1. The smallest absolute Gasteiger partial charge is 0.123 e. The first-order chi connectivity index (χ1) is 6.26. The maximum atomic E-state index is 10.6. The highest BCUT2D eigenvalue weighted by molar-refractivity contribution is 6.30. The maximum Gasteiger partial charge on any atom is 0.123 e. The number of halogens is 1. The molecule has 0 aromatic heterocycles. The third-order valence-corrected chi connectivity index (χ3v) is 2.38. The molecule has 0 amide bonds. The summed E-state index contributed by atoms with van der Waals surface area (Å²) in [7, 11) is 0. The van der Waals surface area contributed by atoms with Crippen molar-refractivity contribution in [1.82, 2.24) is 0 Å². The number of hydrogen-bond donors (Lipinski definition) is 0. The molecule has 0 fully saturated rings. The van der Waals surface area contributed by atoms with Crippen LogP contribution in [0.15, 0.2) is 24.3 Å². The largest absolute Gasteiger partial charge is 0.303 e. The number of aldehydes is 1. The Morgan fingerprint density at radius 2 is 2.00 bits per heavy atom. The first kappa shape index (κ1) is 10.3. The predicted molar refractivity (Wildman–Crippen MR) is 55.0 cm³/mol. The molecule has 0 radical (unpaired) electrons. The fourth-order valence-corrected chi connectivity index (χ4v) is 1.34. The number of benzene rings is 1. The van der Waals surface area contributed by atoms with Crippen LogP contribution in [0, 0.1) is 5.92 Å². The second kappa shape index (κ2) is 5.03. The molecule has 0 saturated carbocycles. The second-order valence-electron chi connectivity index (χ2n) is 3.14. The van der Waals surface area contributed by atoms with Crippen LogP contribution in [0.1, 0.15) is 18.9 Å². The molecule has 13 heavy (non-hydrogen) atoms. The molecule has 1 rings (SSSR count). The Hall–Kier alpha value is -0.820. The van der Waals surface area contributed by atoms with Gasteiger partial charge in [0.1, 0.15) is 6.29 Å². The SMILES string of the molecule is CCC(C=O)Cc1ccc(Cl)cc1. The van der Waals surface area contributed by atoms with E-state index in [9.17, 15) is 4.79 Å². The van der Waals surface area contributed by atoms with Crippen LogP contribution in [0.4, 0.5) is 0 Å². The summed E-state index contributed by atoms with van der Waals surface area (Å²) < 4.78 is 0. The minimum absolute atomic E-state index is 0.140. The molecule has 0 aliphatic heterocycles. The summed E-state index contributed by atoms with van der Waals surface area (Å²) in [6.07, 6.45) is 2.73. The normalized spacial score (nSPS) is 12.5. The van der Waals surface area contributed by atoms with Crippen molar-refractivity contribution < 1.29 is 4.79 Å². The Labute approximate surface area is 83.7 Å². The van der Waals surface area contributed by atoms with E-state index in [0.717, 1.165) is 24.2 Å². The van der Waals surface area contributed by atoms with Crippen molar-refractivity contribution in [2.75, 3.05) is 0 Å². The number of carbonyl (C=O) groups is 1. The molecule has 1 nitrogen and oxygen atoms in total. The predicted octanol–water partition coefficient (Wildman–Crippen LogP) is 3.11. The molecule has 0 N–H and O–H groups in total. The fraction of sp³-hybridized carbons (Fsp3) is 0.364. The van der Waals surface area contributed by atoms with Gasteiger partial charge in [0.15, 0.2) is 0 Å². The Bertz CT molecular complexity index is 266. The molecule has 2 heteroatoms. The van der Waals surface area contributed by atoms with E-state index >= 15 is 0 Å². The number of rotatable bonds is 4. The lowest BCUT2D eigenvalue weighted by atomic mass is 9.99. The molecule has 0 aliphatic carbocycles. The third-order valence-electron chi connectivity index (χ3n) is 2.13. The van der Waals surface area contributed by atoms with Crippen LogP contribution in [0.2, 0.25) is 5.02 Å². The second-order valence-corrected chi connectivity index (χ2v) is 3.57. The summed E-state index contributed by atoms with van der Waals surface area (Å²) in [6, 6.07) is 7.64. The Balaban J connectivity index is 2.63. The summed E-state index contributed by atoms with van der Waals surface area (Å²) in [5, 5.41) is 0.739. The van der Waals surface area contributed by atoms with Gasteiger partial charge in [-0.1, -0.05) is 30.7 Å². The van der Waals surface area contributed by atoms with Gasteiger partial charge >= 0.3 is 0 Å². The van der Waals surface area contributed by atoms with E-state index in [2.05, 4.69) is 0 Å². The van der Waals surface area contributed by atoms with Gasteiger partial charge in [-0.3, -0.25) is 0 Å². The van der Waals surface area contributed by atoms with Gasteiger partial charge in [0.25, 0.3) is 0 Å². The average molecular weight is 197 g/mol. The average Bonchev–Trinajstić information content (AvgIpc) is 2.17. The third kappa shape index (κ3) is 3.19. The highest BCUT2D eigenvalue weighted by Gasteiger charge is 2.04. The summed E-state index contributed by atoms with van der Waals surface area (Å²) in [6.45, 7) is 2.02. The van der Waals surface area contributed by atoms with E-state index in [-0.39, 0.29) is 5.92 Å². The van der Waals surface area contributed by atoms with Crippen LogP contribution >= 0.6 is 11.6 Å². The molecule has 1 unspecified atom stereocenters. The van der Waals surface area contributed by atoms with Crippen LogP contribution in [0.5, 0.6) is 0 Å². The van der Waals surface area contributed by atoms with Gasteiger partial charge in [0.05, 0.1) is 0 Å². The van der Waals surface area contributed by atoms with E-state index in [1.807, 2.05) is 31.2 Å². The fourth-order valence-electron chi connectivity index (χ4n) is 1.21. The lowest BCUT2D eigenvalue weighted by Crippen LogP contribution is -2.03.